The molecule has 8 heteroatoms. The normalized spacial score (nSPS) is 12.2. The second-order valence-electron chi connectivity index (χ2n) is 3.21. The van der Waals surface area contributed by atoms with Crippen molar-refractivity contribution in [1.29, 1.82) is 0 Å². The van der Waals surface area contributed by atoms with E-state index in [2.05, 4.69) is 0 Å². The highest BCUT2D eigenvalue weighted by Crippen LogP contribution is 2.03. The summed E-state index contributed by atoms with van der Waals surface area (Å²) in [5.74, 6) is -2.46. The molecule has 0 aromatic heterocycles. The molecule has 0 spiro atoms. The van der Waals surface area contributed by atoms with Gasteiger partial charge in [0, 0.05) is 0 Å². The lowest BCUT2D eigenvalue weighted by atomic mass is 10.2. The van der Waals surface area contributed by atoms with Crippen LogP contribution in [0.3, 0.4) is 0 Å². The Bertz CT molecular complexity index is 283. The van der Waals surface area contributed by atoms with Crippen LogP contribution < -0.4 is 11.1 Å². The van der Waals surface area contributed by atoms with Gasteiger partial charge in [-0.25, -0.2) is 9.59 Å². The fraction of sp³-hybridized carbons (Fsp3) is 0.667. The number of thioether (sulfide) groups is 1. The van der Waals surface area contributed by atoms with Crippen LogP contribution >= 0.6 is 11.8 Å². The summed E-state index contributed by atoms with van der Waals surface area (Å²) in [6.45, 7) is 1.96. The first-order valence-electron chi connectivity index (χ1n) is 4.99. The molecule has 0 saturated heterocycles. The molecule has 0 bridgehead atoms. The molecule has 0 unspecified atom stereocenters. The second-order valence-corrected chi connectivity index (χ2v) is 4.60. The zero-order valence-corrected chi connectivity index (χ0v) is 10.2. The lowest BCUT2D eigenvalue weighted by Gasteiger charge is -2.14. The van der Waals surface area contributed by atoms with Gasteiger partial charge in [0.15, 0.2) is 0 Å². The zero-order chi connectivity index (χ0) is 13.4. The molecule has 1 amide bonds. The van der Waals surface area contributed by atoms with Crippen molar-refractivity contribution >= 4 is 29.6 Å². The lowest BCUT2D eigenvalue weighted by molar-refractivity contribution is -0.153. The van der Waals surface area contributed by atoms with Gasteiger partial charge in [-0.05, 0) is 17.9 Å². The number of carboxylic acid groups (broad SMARTS) is 2. The number of carbonyl (C=O) groups excluding carboxylic acids is 1. The first kappa shape index (κ1) is 15.7. The molecule has 1 atom stereocenters. The van der Waals surface area contributed by atoms with Gasteiger partial charge in [-0.1, -0.05) is 6.92 Å². The van der Waals surface area contributed by atoms with Gasteiger partial charge in [-0.2, -0.15) is 11.8 Å². The average Bonchev–Trinajstić information content (AvgIpc) is 2.24. The van der Waals surface area contributed by atoms with Crippen LogP contribution in [0.15, 0.2) is 0 Å². The van der Waals surface area contributed by atoms with Crippen LogP contribution in [0.25, 0.3) is 0 Å². The van der Waals surface area contributed by atoms with E-state index in [0.29, 0.717) is 12.2 Å². The summed E-state index contributed by atoms with van der Waals surface area (Å²) < 4.78 is 0. The van der Waals surface area contributed by atoms with Crippen molar-refractivity contribution in [2.75, 3.05) is 11.5 Å². The first-order chi connectivity index (χ1) is 7.90. The van der Waals surface area contributed by atoms with Crippen LogP contribution in [0.5, 0.6) is 0 Å². The minimum absolute atomic E-state index is 0.371. The van der Waals surface area contributed by atoms with E-state index in [4.69, 9.17) is 15.9 Å². The molecular weight excluding hydrogens is 248 g/mol. The molecule has 0 aliphatic rings. The predicted octanol–water partition coefficient (Wildman–Crippen LogP) is -0.889. The van der Waals surface area contributed by atoms with Gasteiger partial charge in [-0.3, -0.25) is 4.79 Å². The highest BCUT2D eigenvalue weighted by Gasteiger charge is 2.29. The fourth-order valence-corrected chi connectivity index (χ4v) is 1.67. The third-order valence-electron chi connectivity index (χ3n) is 1.89. The van der Waals surface area contributed by atoms with Crippen molar-refractivity contribution < 1.29 is 24.6 Å². The molecule has 0 rings (SSSR count). The van der Waals surface area contributed by atoms with E-state index in [-0.39, 0.29) is 0 Å². The number of carbonyl (C=O) groups is 3. The Labute approximate surface area is 103 Å². The Hall–Kier alpha value is -1.28. The molecule has 17 heavy (non-hydrogen) atoms. The fourth-order valence-electron chi connectivity index (χ4n) is 0.964. The van der Waals surface area contributed by atoms with Crippen LogP contribution in [0, 0.1) is 0 Å². The maximum absolute atomic E-state index is 11.4. The number of hydrogen-bond donors (Lipinski definition) is 4. The van der Waals surface area contributed by atoms with E-state index in [1.54, 1.807) is 11.8 Å². The summed E-state index contributed by atoms with van der Waals surface area (Å²) in [5, 5.41) is 19.0. The highest BCUT2D eigenvalue weighted by atomic mass is 32.2. The SMILES string of the molecule is CCSCC[C@H](N)C(=O)NC(C(=O)O)C(=O)O. The maximum Gasteiger partial charge on any atom is 0.338 e. The lowest BCUT2D eigenvalue weighted by Crippen LogP contribution is -2.52. The van der Waals surface area contributed by atoms with E-state index in [9.17, 15) is 14.4 Å². The van der Waals surface area contributed by atoms with Gasteiger partial charge in [0.1, 0.15) is 0 Å². The molecule has 7 nitrogen and oxygen atoms in total. The molecule has 0 aliphatic heterocycles. The van der Waals surface area contributed by atoms with Gasteiger partial charge in [-0.15, -0.1) is 0 Å². The zero-order valence-electron chi connectivity index (χ0n) is 9.38. The number of nitrogens with two attached hydrogens (primary N) is 1. The molecule has 0 heterocycles. The van der Waals surface area contributed by atoms with E-state index < -0.39 is 29.9 Å². The smallest absolute Gasteiger partial charge is 0.338 e. The minimum atomic E-state index is -1.95. The Morgan fingerprint density at radius 3 is 2.24 bits per heavy atom. The Morgan fingerprint density at radius 1 is 1.29 bits per heavy atom. The van der Waals surface area contributed by atoms with Gasteiger partial charge >= 0.3 is 11.9 Å². The number of amides is 1. The summed E-state index contributed by atoms with van der Waals surface area (Å²) in [7, 11) is 0. The van der Waals surface area contributed by atoms with Crippen molar-refractivity contribution in [1.82, 2.24) is 5.32 Å². The minimum Gasteiger partial charge on any atom is -0.479 e. The molecule has 5 N–H and O–H groups in total. The van der Waals surface area contributed by atoms with Crippen molar-refractivity contribution in [2.24, 2.45) is 5.73 Å². The standard InChI is InChI=1S/C9H16N2O5S/c1-2-17-4-3-5(10)7(12)11-6(8(13)14)9(15)16/h5-6H,2-4,10H2,1H3,(H,11,12)(H,13,14)(H,15,16)/t5-/m0/s1. The van der Waals surface area contributed by atoms with Crippen LogP contribution in [0.4, 0.5) is 0 Å². The third kappa shape index (κ3) is 6.12. The molecule has 0 radical (unpaired) electrons. The van der Waals surface area contributed by atoms with Crippen molar-refractivity contribution in [2.45, 2.75) is 25.4 Å². The highest BCUT2D eigenvalue weighted by molar-refractivity contribution is 7.99. The Morgan fingerprint density at radius 2 is 1.82 bits per heavy atom. The topological polar surface area (TPSA) is 130 Å². The van der Waals surface area contributed by atoms with E-state index >= 15 is 0 Å². The molecule has 0 aliphatic carbocycles. The first-order valence-corrected chi connectivity index (χ1v) is 6.15. The Kier molecular flexibility index (Phi) is 7.31. The number of aliphatic carboxylic acids is 2. The van der Waals surface area contributed by atoms with Crippen LogP contribution in [0.1, 0.15) is 13.3 Å². The summed E-state index contributed by atoms with van der Waals surface area (Å²) in [6.07, 6.45) is 0.371. The largest absolute Gasteiger partial charge is 0.479 e. The summed E-state index contributed by atoms with van der Waals surface area (Å²) in [5.41, 5.74) is 5.50. The van der Waals surface area contributed by atoms with Gasteiger partial charge in [0.05, 0.1) is 6.04 Å². The van der Waals surface area contributed by atoms with Crippen LogP contribution in [-0.2, 0) is 14.4 Å². The number of nitrogens with one attached hydrogen (secondary N) is 1. The van der Waals surface area contributed by atoms with Gasteiger partial charge in [0.25, 0.3) is 0 Å². The molecule has 0 fully saturated rings. The number of rotatable bonds is 8. The average molecular weight is 264 g/mol. The van der Waals surface area contributed by atoms with E-state index in [0.717, 1.165) is 5.75 Å². The predicted molar refractivity (Wildman–Crippen MR) is 62.8 cm³/mol. The molecular formula is C9H16N2O5S. The quantitative estimate of drug-likeness (QED) is 0.330. The Balaban J connectivity index is 4.21. The van der Waals surface area contributed by atoms with Crippen LogP contribution in [-0.4, -0.2) is 51.6 Å². The monoisotopic (exact) mass is 264 g/mol. The van der Waals surface area contributed by atoms with Gasteiger partial charge < -0.3 is 21.3 Å². The van der Waals surface area contributed by atoms with Crippen LogP contribution in [0.2, 0.25) is 0 Å². The molecule has 0 saturated carbocycles. The summed E-state index contributed by atoms with van der Waals surface area (Å²) in [4.78, 5) is 32.4. The number of hydrogen-bond acceptors (Lipinski definition) is 5. The number of carboxylic acids is 2. The van der Waals surface area contributed by atoms with E-state index in [1.165, 1.54) is 0 Å². The molecule has 98 valence electrons. The van der Waals surface area contributed by atoms with Crippen molar-refractivity contribution in [3.8, 4) is 0 Å². The van der Waals surface area contributed by atoms with Gasteiger partial charge in [0.2, 0.25) is 11.9 Å². The van der Waals surface area contributed by atoms with Crippen molar-refractivity contribution in [3.63, 3.8) is 0 Å². The summed E-state index contributed by atoms with van der Waals surface area (Å²) in [6, 6.07) is -2.84. The molecule has 0 aromatic carbocycles. The summed E-state index contributed by atoms with van der Waals surface area (Å²) >= 11 is 1.59. The second kappa shape index (κ2) is 7.91. The third-order valence-corrected chi connectivity index (χ3v) is 2.83. The molecule has 0 aromatic rings. The maximum atomic E-state index is 11.4. The van der Waals surface area contributed by atoms with E-state index in [1.807, 2.05) is 12.2 Å². The van der Waals surface area contributed by atoms with Crippen molar-refractivity contribution in [3.05, 3.63) is 0 Å².